The molecule has 1 aliphatic heterocycles. The molecule has 0 radical (unpaired) electrons. The van der Waals surface area contributed by atoms with Crippen molar-refractivity contribution in [3.63, 3.8) is 0 Å². The number of nitrogens with two attached hydrogens (primary N) is 1. The molecule has 0 atom stereocenters. The molecular weight excluding hydrogens is 200 g/mol. The smallest absolute Gasteiger partial charge is 0.404 e. The summed E-state index contributed by atoms with van der Waals surface area (Å²) in [5, 5.41) is 0. The van der Waals surface area contributed by atoms with Crippen molar-refractivity contribution in [1.29, 1.82) is 0 Å². The van der Waals surface area contributed by atoms with Crippen molar-refractivity contribution in [1.82, 2.24) is 0 Å². The number of hydrogen-bond donors (Lipinski definition) is 1. The van der Waals surface area contributed by atoms with Crippen LogP contribution >= 0.6 is 0 Å². The Hall–Kier alpha value is -1.69. The number of carbonyl (C=O) groups is 3. The Morgan fingerprint density at radius 2 is 1.93 bits per heavy atom. The highest BCUT2D eigenvalue weighted by Gasteiger charge is 2.44. The molecule has 0 spiro atoms. The van der Waals surface area contributed by atoms with Crippen molar-refractivity contribution in [3.05, 3.63) is 12.2 Å². The summed E-state index contributed by atoms with van der Waals surface area (Å²) in [5.41, 5.74) is 4.78. The minimum atomic E-state index is -0.906. The predicted molar refractivity (Wildman–Crippen MR) is 50.4 cm³/mol. The van der Waals surface area contributed by atoms with Crippen molar-refractivity contribution in [3.8, 4) is 0 Å². The Bertz CT molecular complexity index is 317. The van der Waals surface area contributed by atoms with Crippen molar-refractivity contribution < 1.29 is 23.6 Å². The van der Waals surface area contributed by atoms with Gasteiger partial charge in [-0.25, -0.2) is 14.4 Å². The second-order valence-corrected chi connectivity index (χ2v) is 3.19. The minimum absolute atomic E-state index is 0.0394. The lowest BCUT2D eigenvalue weighted by Crippen LogP contribution is -2.54. The van der Waals surface area contributed by atoms with E-state index in [4.69, 9.17) is 5.73 Å². The van der Waals surface area contributed by atoms with Gasteiger partial charge in [0.15, 0.2) is 0 Å². The number of primary amides is 1. The van der Waals surface area contributed by atoms with Crippen LogP contribution in [0.3, 0.4) is 0 Å². The van der Waals surface area contributed by atoms with Crippen molar-refractivity contribution in [2.24, 2.45) is 5.73 Å². The van der Waals surface area contributed by atoms with E-state index in [2.05, 4.69) is 4.74 Å². The second kappa shape index (κ2) is 4.22. The molecule has 0 aromatic heterocycles. The van der Waals surface area contributed by atoms with Gasteiger partial charge in [-0.05, 0) is 6.92 Å². The van der Waals surface area contributed by atoms with Crippen LogP contribution in [0, 0.1) is 0 Å². The molecule has 0 aliphatic carbocycles. The van der Waals surface area contributed by atoms with Crippen molar-refractivity contribution >= 4 is 17.9 Å². The molecule has 1 rings (SSSR count). The molecule has 0 saturated heterocycles. The summed E-state index contributed by atoms with van der Waals surface area (Å²) >= 11 is 0. The van der Waals surface area contributed by atoms with Gasteiger partial charge in [-0.1, -0.05) is 0 Å². The lowest BCUT2D eigenvalue weighted by atomic mass is 10.3. The van der Waals surface area contributed by atoms with Gasteiger partial charge in [0.25, 0.3) is 0 Å². The van der Waals surface area contributed by atoms with E-state index >= 15 is 0 Å². The van der Waals surface area contributed by atoms with Crippen LogP contribution in [0.1, 0.15) is 6.92 Å². The summed E-state index contributed by atoms with van der Waals surface area (Å²) in [7, 11) is 0. The molecule has 6 heteroatoms. The third-order valence-electron chi connectivity index (χ3n) is 2.47. The molecule has 15 heavy (non-hydrogen) atoms. The van der Waals surface area contributed by atoms with E-state index in [0.29, 0.717) is 6.54 Å². The molecule has 0 fully saturated rings. The van der Waals surface area contributed by atoms with E-state index < -0.39 is 6.09 Å². The zero-order chi connectivity index (χ0) is 11.5. The van der Waals surface area contributed by atoms with E-state index in [1.165, 1.54) is 12.2 Å². The molecule has 0 aromatic rings. The third-order valence-corrected chi connectivity index (χ3v) is 2.47. The van der Waals surface area contributed by atoms with Gasteiger partial charge in [-0.2, -0.15) is 4.48 Å². The molecule has 6 nitrogen and oxygen atoms in total. The maximum absolute atomic E-state index is 11.5. The first-order valence-electron chi connectivity index (χ1n) is 4.59. The number of carbonyl (C=O) groups excluding carboxylic acids is 3. The van der Waals surface area contributed by atoms with Gasteiger partial charge >= 0.3 is 17.9 Å². The van der Waals surface area contributed by atoms with Crippen LogP contribution in [0.4, 0.5) is 4.79 Å². The Kier molecular flexibility index (Phi) is 3.21. The minimum Gasteiger partial charge on any atom is -0.444 e. The highest BCUT2D eigenvalue weighted by molar-refractivity contribution is 6.04. The van der Waals surface area contributed by atoms with Crippen LogP contribution in [0.2, 0.25) is 0 Å². The second-order valence-electron chi connectivity index (χ2n) is 3.19. The van der Waals surface area contributed by atoms with Gasteiger partial charge in [-0.15, -0.1) is 0 Å². The Balaban J connectivity index is 2.66. The molecule has 0 saturated carbocycles. The molecule has 0 unspecified atom stereocenters. The average Bonchev–Trinajstić information content (AvgIpc) is 2.45. The van der Waals surface area contributed by atoms with Crippen LogP contribution in [-0.2, 0) is 14.3 Å². The summed E-state index contributed by atoms with van der Waals surface area (Å²) < 4.78 is 4.19. The molecule has 2 N–H and O–H groups in total. The number of quaternary nitrogens is 1. The van der Waals surface area contributed by atoms with E-state index in [9.17, 15) is 14.4 Å². The molecule has 1 aliphatic rings. The van der Waals surface area contributed by atoms with Crippen LogP contribution in [0.5, 0.6) is 0 Å². The number of rotatable bonds is 4. The van der Waals surface area contributed by atoms with Crippen LogP contribution in [0.25, 0.3) is 0 Å². The van der Waals surface area contributed by atoms with Crippen molar-refractivity contribution in [2.75, 3.05) is 19.7 Å². The summed E-state index contributed by atoms with van der Waals surface area (Å²) in [6.07, 6.45) is 1.59. The topological polar surface area (TPSA) is 86.5 Å². The molecule has 82 valence electrons. The number of imide groups is 1. The summed E-state index contributed by atoms with van der Waals surface area (Å²) in [4.78, 5) is 33.3. The van der Waals surface area contributed by atoms with Gasteiger partial charge in [0, 0.05) is 0 Å². The molecule has 1 heterocycles. The fraction of sp³-hybridized carbons (Fsp3) is 0.444. The fourth-order valence-corrected chi connectivity index (χ4v) is 1.53. The van der Waals surface area contributed by atoms with Gasteiger partial charge in [0.05, 0.1) is 18.7 Å². The van der Waals surface area contributed by atoms with Gasteiger partial charge in [0.2, 0.25) is 0 Å². The lowest BCUT2D eigenvalue weighted by molar-refractivity contribution is -0.770. The van der Waals surface area contributed by atoms with Gasteiger partial charge in [-0.3, -0.25) is 0 Å². The molecule has 0 bridgehead atoms. The SMILES string of the molecule is CC[N+]1(CCOC(N)=O)C(=O)C=CC1=O. The standard InChI is InChI=1S/C9H12N2O4/c1-2-11(5-6-15-9(10)14)7(12)3-4-8(11)13/h3-4H,2,5-6H2,1H3,(H-,10,14)/p+1. The fourth-order valence-electron chi connectivity index (χ4n) is 1.53. The molecule has 0 aromatic carbocycles. The van der Waals surface area contributed by atoms with E-state index in [1.807, 2.05) is 0 Å². The number of nitrogens with zero attached hydrogens (tertiary/aromatic N) is 1. The van der Waals surface area contributed by atoms with E-state index in [1.54, 1.807) is 6.92 Å². The number of hydrogen-bond acceptors (Lipinski definition) is 4. The van der Waals surface area contributed by atoms with Crippen molar-refractivity contribution in [2.45, 2.75) is 6.92 Å². The monoisotopic (exact) mass is 213 g/mol. The largest absolute Gasteiger partial charge is 0.444 e. The van der Waals surface area contributed by atoms with Crippen LogP contribution in [-0.4, -0.2) is 42.1 Å². The first-order valence-corrected chi connectivity index (χ1v) is 4.59. The zero-order valence-corrected chi connectivity index (χ0v) is 8.43. The zero-order valence-electron chi connectivity index (χ0n) is 8.43. The number of likely N-dealkylation sites (N-methyl/N-ethyl adjacent to an activating group) is 1. The summed E-state index contributed by atoms with van der Waals surface area (Å²) in [6, 6.07) is 0. The van der Waals surface area contributed by atoms with Crippen LogP contribution < -0.4 is 5.73 Å². The first-order chi connectivity index (χ1) is 7.03. The summed E-state index contributed by atoms with van der Waals surface area (Å²) in [6.45, 7) is 2.16. The summed E-state index contributed by atoms with van der Waals surface area (Å²) in [5.74, 6) is -0.564. The molecular formula is C9H13N2O4+. The van der Waals surface area contributed by atoms with E-state index in [0.717, 1.165) is 0 Å². The predicted octanol–water partition coefficient (Wildman–Crippen LogP) is -0.459. The van der Waals surface area contributed by atoms with Crippen LogP contribution in [0.15, 0.2) is 12.2 Å². The Labute approximate surface area is 86.9 Å². The lowest BCUT2D eigenvalue weighted by Gasteiger charge is -2.26. The van der Waals surface area contributed by atoms with E-state index in [-0.39, 0.29) is 29.4 Å². The maximum Gasteiger partial charge on any atom is 0.404 e. The Morgan fingerprint density at radius 3 is 2.33 bits per heavy atom. The van der Waals surface area contributed by atoms with Gasteiger partial charge in [0.1, 0.15) is 13.2 Å². The highest BCUT2D eigenvalue weighted by Crippen LogP contribution is 2.16. The molecule has 3 amide bonds. The number of amides is 3. The third kappa shape index (κ3) is 2.04. The maximum atomic E-state index is 11.5. The Morgan fingerprint density at radius 1 is 1.40 bits per heavy atom. The highest BCUT2D eigenvalue weighted by atomic mass is 16.5. The number of ether oxygens (including phenoxy) is 1. The average molecular weight is 213 g/mol. The van der Waals surface area contributed by atoms with Gasteiger partial charge < -0.3 is 10.5 Å². The quantitative estimate of drug-likeness (QED) is 0.505. The normalized spacial score (nSPS) is 18.2. The first kappa shape index (κ1) is 11.4.